The number of aryl methyl sites for hydroxylation is 1. The van der Waals surface area contributed by atoms with E-state index < -0.39 is 0 Å². The van der Waals surface area contributed by atoms with E-state index in [0.717, 1.165) is 21.3 Å². The standard InChI is InChI=1S/C17H14ClN3OS2/c1-10-6-2-4-8-12(10)19-17(23)21-20-16(22)15-14(18)11-7-3-5-9-13(11)24-15/h2-9H,1H3,(H,20,22)(H2,19,21,23). The van der Waals surface area contributed by atoms with Crippen LogP contribution in [0.1, 0.15) is 15.2 Å². The van der Waals surface area contributed by atoms with E-state index in [-0.39, 0.29) is 5.91 Å². The van der Waals surface area contributed by atoms with E-state index in [4.69, 9.17) is 23.8 Å². The van der Waals surface area contributed by atoms with Crippen LogP contribution in [0.4, 0.5) is 5.69 Å². The van der Waals surface area contributed by atoms with Gasteiger partial charge in [0.15, 0.2) is 5.11 Å². The summed E-state index contributed by atoms with van der Waals surface area (Å²) < 4.78 is 0.966. The number of halogens is 1. The van der Waals surface area contributed by atoms with Crippen molar-refractivity contribution >= 4 is 61.9 Å². The number of hydrogen-bond donors (Lipinski definition) is 3. The number of nitrogens with one attached hydrogen (secondary N) is 3. The van der Waals surface area contributed by atoms with Gasteiger partial charge in [-0.15, -0.1) is 11.3 Å². The molecular weight excluding hydrogens is 362 g/mol. The number of thiocarbonyl (C=S) groups is 1. The number of carbonyl (C=O) groups excluding carboxylic acids is 1. The monoisotopic (exact) mass is 375 g/mol. The molecule has 0 aliphatic rings. The van der Waals surface area contributed by atoms with Crippen molar-refractivity contribution in [3.8, 4) is 0 Å². The molecule has 0 atom stereocenters. The van der Waals surface area contributed by atoms with Crippen LogP contribution in [0.25, 0.3) is 10.1 Å². The van der Waals surface area contributed by atoms with Crippen molar-refractivity contribution in [1.29, 1.82) is 0 Å². The lowest BCUT2D eigenvalue weighted by molar-refractivity contribution is 0.0948. The van der Waals surface area contributed by atoms with Gasteiger partial charge in [0.25, 0.3) is 5.91 Å². The van der Waals surface area contributed by atoms with Gasteiger partial charge in [0.05, 0.1) is 5.02 Å². The number of anilines is 1. The van der Waals surface area contributed by atoms with E-state index in [9.17, 15) is 4.79 Å². The summed E-state index contributed by atoms with van der Waals surface area (Å²) in [6.45, 7) is 1.97. The van der Waals surface area contributed by atoms with Crippen LogP contribution in [0.3, 0.4) is 0 Å². The third-order valence-electron chi connectivity index (χ3n) is 3.42. The van der Waals surface area contributed by atoms with E-state index in [0.29, 0.717) is 15.0 Å². The van der Waals surface area contributed by atoms with E-state index in [1.807, 2.05) is 55.5 Å². The number of hydrazine groups is 1. The minimum absolute atomic E-state index is 0.301. The summed E-state index contributed by atoms with van der Waals surface area (Å²) in [6, 6.07) is 15.4. The van der Waals surface area contributed by atoms with Gasteiger partial charge in [-0.2, -0.15) is 0 Å². The molecule has 24 heavy (non-hydrogen) atoms. The first-order chi connectivity index (χ1) is 11.6. The van der Waals surface area contributed by atoms with Crippen molar-refractivity contribution in [2.75, 3.05) is 5.32 Å². The second kappa shape index (κ2) is 7.17. The van der Waals surface area contributed by atoms with Crippen molar-refractivity contribution < 1.29 is 4.79 Å². The van der Waals surface area contributed by atoms with E-state index in [2.05, 4.69) is 16.2 Å². The fraction of sp³-hybridized carbons (Fsp3) is 0.0588. The highest BCUT2D eigenvalue weighted by molar-refractivity contribution is 7.80. The summed E-state index contributed by atoms with van der Waals surface area (Å²) >= 11 is 12.8. The van der Waals surface area contributed by atoms with Crippen LogP contribution in [-0.4, -0.2) is 11.0 Å². The number of rotatable bonds is 2. The number of benzene rings is 2. The summed E-state index contributed by atoms with van der Waals surface area (Å²) in [7, 11) is 0. The van der Waals surface area contributed by atoms with Gasteiger partial charge in [-0.1, -0.05) is 48.0 Å². The molecule has 0 spiro atoms. The molecule has 0 saturated heterocycles. The van der Waals surface area contributed by atoms with Crippen molar-refractivity contribution in [3.63, 3.8) is 0 Å². The van der Waals surface area contributed by atoms with E-state index >= 15 is 0 Å². The largest absolute Gasteiger partial charge is 0.331 e. The molecule has 3 N–H and O–H groups in total. The fourth-order valence-electron chi connectivity index (χ4n) is 2.20. The van der Waals surface area contributed by atoms with Crippen molar-refractivity contribution in [3.05, 3.63) is 64.0 Å². The highest BCUT2D eigenvalue weighted by Crippen LogP contribution is 2.34. The number of amides is 1. The molecule has 0 aliphatic heterocycles. The number of hydrogen-bond acceptors (Lipinski definition) is 3. The van der Waals surface area contributed by atoms with Crippen molar-refractivity contribution in [2.45, 2.75) is 6.92 Å². The molecule has 0 radical (unpaired) electrons. The Morgan fingerprint density at radius 2 is 1.79 bits per heavy atom. The summed E-state index contributed by atoms with van der Waals surface area (Å²) in [5.74, 6) is -0.324. The van der Waals surface area contributed by atoms with Gasteiger partial charge in [0, 0.05) is 15.8 Å². The van der Waals surface area contributed by atoms with Crippen molar-refractivity contribution in [1.82, 2.24) is 10.9 Å². The Balaban J connectivity index is 1.65. The maximum absolute atomic E-state index is 12.3. The average molecular weight is 376 g/mol. The number of carbonyl (C=O) groups is 1. The van der Waals surface area contributed by atoms with Crippen LogP contribution in [0.2, 0.25) is 5.02 Å². The topological polar surface area (TPSA) is 53.2 Å². The molecule has 122 valence electrons. The summed E-state index contributed by atoms with van der Waals surface area (Å²) in [4.78, 5) is 12.8. The SMILES string of the molecule is Cc1ccccc1NC(=S)NNC(=O)c1sc2ccccc2c1Cl. The molecule has 3 aromatic rings. The lowest BCUT2D eigenvalue weighted by Gasteiger charge is -2.12. The fourth-order valence-corrected chi connectivity index (χ4v) is 3.77. The molecule has 1 amide bonds. The molecule has 3 rings (SSSR count). The quantitative estimate of drug-likeness (QED) is 0.456. The molecule has 7 heteroatoms. The zero-order valence-electron chi connectivity index (χ0n) is 12.7. The second-order valence-corrected chi connectivity index (χ2v) is 6.93. The van der Waals surface area contributed by atoms with Gasteiger partial charge in [0.1, 0.15) is 4.88 Å². The molecule has 0 fully saturated rings. The molecule has 1 heterocycles. The third-order valence-corrected chi connectivity index (χ3v) is 5.30. The Morgan fingerprint density at radius 3 is 2.54 bits per heavy atom. The van der Waals surface area contributed by atoms with Crippen LogP contribution in [0, 0.1) is 6.92 Å². The van der Waals surface area contributed by atoms with Crippen LogP contribution in [-0.2, 0) is 0 Å². The van der Waals surface area contributed by atoms with Gasteiger partial charge < -0.3 is 5.32 Å². The Hall–Kier alpha value is -2.15. The first-order valence-electron chi connectivity index (χ1n) is 7.16. The molecular formula is C17H14ClN3OS2. The zero-order chi connectivity index (χ0) is 17.1. The summed E-state index contributed by atoms with van der Waals surface area (Å²) in [5, 5.41) is 4.66. The maximum Gasteiger partial charge on any atom is 0.281 e. The lowest BCUT2D eigenvalue weighted by atomic mass is 10.2. The smallest absolute Gasteiger partial charge is 0.281 e. The summed E-state index contributed by atoms with van der Waals surface area (Å²) in [5.41, 5.74) is 7.21. The van der Waals surface area contributed by atoms with E-state index in [1.165, 1.54) is 11.3 Å². The Labute approximate surface area is 153 Å². The van der Waals surface area contributed by atoms with Gasteiger partial charge in [-0.3, -0.25) is 15.6 Å². The molecule has 2 aromatic carbocycles. The molecule has 0 unspecified atom stereocenters. The van der Waals surface area contributed by atoms with Gasteiger partial charge in [-0.05, 0) is 36.8 Å². The van der Waals surface area contributed by atoms with Crippen LogP contribution < -0.4 is 16.2 Å². The Morgan fingerprint density at radius 1 is 1.08 bits per heavy atom. The number of para-hydroxylation sites is 1. The Kier molecular flexibility index (Phi) is 4.99. The molecule has 1 aromatic heterocycles. The van der Waals surface area contributed by atoms with Crippen LogP contribution >= 0.6 is 35.2 Å². The third kappa shape index (κ3) is 3.51. The first-order valence-corrected chi connectivity index (χ1v) is 8.76. The number of fused-ring (bicyclic) bond motifs is 1. The maximum atomic E-state index is 12.3. The normalized spacial score (nSPS) is 10.4. The van der Waals surface area contributed by atoms with Crippen LogP contribution in [0.15, 0.2) is 48.5 Å². The zero-order valence-corrected chi connectivity index (χ0v) is 15.1. The van der Waals surface area contributed by atoms with Gasteiger partial charge in [0.2, 0.25) is 0 Å². The van der Waals surface area contributed by atoms with Gasteiger partial charge in [-0.25, -0.2) is 0 Å². The predicted octanol–water partition coefficient (Wildman–Crippen LogP) is 4.49. The molecule has 0 aliphatic carbocycles. The van der Waals surface area contributed by atoms with E-state index in [1.54, 1.807) is 0 Å². The summed E-state index contributed by atoms with van der Waals surface area (Å²) in [6.07, 6.45) is 0. The minimum atomic E-state index is -0.324. The van der Waals surface area contributed by atoms with Gasteiger partial charge >= 0.3 is 0 Å². The average Bonchev–Trinajstić information content (AvgIpc) is 2.92. The number of thiophene rings is 1. The highest BCUT2D eigenvalue weighted by atomic mass is 35.5. The predicted molar refractivity (Wildman–Crippen MR) is 105 cm³/mol. The highest BCUT2D eigenvalue weighted by Gasteiger charge is 2.16. The van der Waals surface area contributed by atoms with Crippen molar-refractivity contribution in [2.24, 2.45) is 0 Å². The molecule has 0 bridgehead atoms. The lowest BCUT2D eigenvalue weighted by Crippen LogP contribution is -2.43. The molecule has 0 saturated carbocycles. The minimum Gasteiger partial charge on any atom is -0.331 e. The van der Waals surface area contributed by atoms with Crippen LogP contribution in [0.5, 0.6) is 0 Å². The Bertz CT molecular complexity index is 923. The second-order valence-electron chi connectivity index (χ2n) is 5.09. The first kappa shape index (κ1) is 16.7. The molecule has 4 nitrogen and oxygen atoms in total.